The summed E-state index contributed by atoms with van der Waals surface area (Å²) in [5.41, 5.74) is 2.41. The summed E-state index contributed by atoms with van der Waals surface area (Å²) in [6, 6.07) is 14.7. The minimum atomic E-state index is -0.523. The average molecular weight is 480 g/mol. The van der Waals surface area contributed by atoms with Gasteiger partial charge in [-0.15, -0.1) is 11.8 Å². The van der Waals surface area contributed by atoms with Crippen LogP contribution in [0.3, 0.4) is 0 Å². The number of benzene rings is 2. The number of hydrogen-bond acceptors (Lipinski definition) is 4. The zero-order valence-electron chi connectivity index (χ0n) is 14.1. The van der Waals surface area contributed by atoms with Crippen molar-refractivity contribution in [2.45, 2.75) is 18.6 Å². The zero-order chi connectivity index (χ0) is 18.7. The number of carbonyl (C=O) groups is 3. The topological polar surface area (TPSA) is 66.5 Å². The number of halogens is 1. The molecule has 0 aromatic heterocycles. The minimum absolute atomic E-state index is 0.118. The van der Waals surface area contributed by atoms with Crippen molar-refractivity contribution in [3.8, 4) is 0 Å². The van der Waals surface area contributed by atoms with E-state index in [1.165, 1.54) is 16.7 Å². The number of nitrogens with zero attached hydrogens (tertiary/aromatic N) is 1. The summed E-state index contributed by atoms with van der Waals surface area (Å²) in [5, 5.41) is 2.28. The monoisotopic (exact) mass is 480 g/mol. The lowest BCUT2D eigenvalue weighted by Crippen LogP contribution is -2.31. The molecule has 26 heavy (non-hydrogen) atoms. The molecule has 3 rings (SSSR count). The molecule has 1 atom stereocenters. The minimum Gasteiger partial charge on any atom is -0.325 e. The number of thioether (sulfide) groups is 1. The van der Waals surface area contributed by atoms with Gasteiger partial charge in [0.2, 0.25) is 17.7 Å². The number of aryl methyl sites for hydroxylation is 1. The standard InChI is InChI=1S/C19H17IN2O3S/c1-12-2-6-14(7-3-12)21-17(23)11-26-16-10-18(24)22(19(16)25)15-8-4-13(20)5-9-15/h2-9,16H,10-11H2,1H3,(H,21,23)/t16-/m0/s1. The van der Waals surface area contributed by atoms with Crippen LogP contribution in [0.1, 0.15) is 12.0 Å². The van der Waals surface area contributed by atoms with E-state index in [1.54, 1.807) is 12.1 Å². The Bertz CT molecular complexity index is 837. The van der Waals surface area contributed by atoms with Crippen molar-refractivity contribution in [2.24, 2.45) is 0 Å². The van der Waals surface area contributed by atoms with Crippen LogP contribution in [0.5, 0.6) is 0 Å². The number of rotatable bonds is 5. The first-order chi connectivity index (χ1) is 12.4. The Morgan fingerprint density at radius 2 is 1.81 bits per heavy atom. The van der Waals surface area contributed by atoms with Crippen molar-refractivity contribution in [2.75, 3.05) is 16.0 Å². The molecule has 0 bridgehead atoms. The van der Waals surface area contributed by atoms with Crippen molar-refractivity contribution >= 4 is 63.4 Å². The zero-order valence-corrected chi connectivity index (χ0v) is 17.0. The van der Waals surface area contributed by atoms with Gasteiger partial charge in [-0.25, -0.2) is 4.90 Å². The van der Waals surface area contributed by atoms with Crippen LogP contribution in [0.2, 0.25) is 0 Å². The Morgan fingerprint density at radius 1 is 1.15 bits per heavy atom. The van der Waals surface area contributed by atoms with Gasteiger partial charge in [-0.05, 0) is 65.9 Å². The maximum absolute atomic E-state index is 12.6. The summed E-state index contributed by atoms with van der Waals surface area (Å²) in [6.45, 7) is 1.98. The van der Waals surface area contributed by atoms with Crippen molar-refractivity contribution in [3.05, 3.63) is 57.7 Å². The summed E-state index contributed by atoms with van der Waals surface area (Å²) in [4.78, 5) is 38.1. The Balaban J connectivity index is 1.57. The molecule has 0 spiro atoms. The number of carbonyl (C=O) groups excluding carboxylic acids is 3. The largest absolute Gasteiger partial charge is 0.325 e. The molecule has 1 heterocycles. The van der Waals surface area contributed by atoms with Crippen LogP contribution in [0.4, 0.5) is 11.4 Å². The lowest BCUT2D eigenvalue weighted by atomic mass is 10.2. The molecule has 2 aromatic carbocycles. The molecule has 0 unspecified atom stereocenters. The molecular weight excluding hydrogens is 463 g/mol. The van der Waals surface area contributed by atoms with Gasteiger partial charge in [0, 0.05) is 15.7 Å². The molecule has 1 aliphatic heterocycles. The molecule has 0 saturated carbocycles. The summed E-state index contributed by atoms with van der Waals surface area (Å²) in [7, 11) is 0. The average Bonchev–Trinajstić information content (AvgIpc) is 2.90. The maximum atomic E-state index is 12.6. The second kappa shape index (κ2) is 8.22. The predicted octanol–water partition coefficient (Wildman–Crippen LogP) is 3.60. The van der Waals surface area contributed by atoms with Crippen LogP contribution in [-0.2, 0) is 14.4 Å². The van der Waals surface area contributed by atoms with Crippen molar-refractivity contribution in [1.29, 1.82) is 0 Å². The number of nitrogens with one attached hydrogen (secondary N) is 1. The first kappa shape index (κ1) is 18.9. The molecule has 0 aliphatic carbocycles. The number of amides is 3. The fourth-order valence-corrected chi connectivity index (χ4v) is 3.90. The van der Waals surface area contributed by atoms with E-state index in [4.69, 9.17) is 0 Å². The van der Waals surface area contributed by atoms with Crippen LogP contribution >= 0.6 is 34.4 Å². The van der Waals surface area contributed by atoms with Crippen LogP contribution < -0.4 is 10.2 Å². The van der Waals surface area contributed by atoms with Crippen LogP contribution in [0.25, 0.3) is 0 Å². The van der Waals surface area contributed by atoms with Crippen molar-refractivity contribution in [1.82, 2.24) is 0 Å². The number of anilines is 2. The Kier molecular flexibility index (Phi) is 5.98. The van der Waals surface area contributed by atoms with Crippen LogP contribution in [0.15, 0.2) is 48.5 Å². The van der Waals surface area contributed by atoms with Gasteiger partial charge in [0.05, 0.1) is 16.7 Å². The summed E-state index contributed by atoms with van der Waals surface area (Å²) < 4.78 is 1.03. The van der Waals surface area contributed by atoms with Gasteiger partial charge in [-0.3, -0.25) is 14.4 Å². The van der Waals surface area contributed by atoms with Crippen LogP contribution in [0, 0.1) is 10.5 Å². The third kappa shape index (κ3) is 4.45. The van der Waals surface area contributed by atoms with Gasteiger partial charge in [-0.2, -0.15) is 0 Å². The third-order valence-electron chi connectivity index (χ3n) is 3.94. The fourth-order valence-electron chi connectivity index (χ4n) is 2.61. The van der Waals surface area contributed by atoms with Crippen LogP contribution in [-0.4, -0.2) is 28.7 Å². The molecule has 7 heteroatoms. The van der Waals surface area contributed by atoms with E-state index in [2.05, 4.69) is 27.9 Å². The van der Waals surface area contributed by atoms with Gasteiger partial charge in [0.25, 0.3) is 0 Å². The van der Waals surface area contributed by atoms with Crippen molar-refractivity contribution < 1.29 is 14.4 Å². The molecule has 134 valence electrons. The molecule has 2 aromatic rings. The van der Waals surface area contributed by atoms with Gasteiger partial charge in [0.15, 0.2) is 0 Å². The van der Waals surface area contributed by atoms with E-state index in [9.17, 15) is 14.4 Å². The van der Waals surface area contributed by atoms with Gasteiger partial charge >= 0.3 is 0 Å². The predicted molar refractivity (Wildman–Crippen MR) is 112 cm³/mol. The molecule has 1 aliphatic rings. The van der Waals surface area contributed by atoms with Gasteiger partial charge in [-0.1, -0.05) is 17.7 Å². The summed E-state index contributed by atoms with van der Waals surface area (Å²) in [5.74, 6) is -0.554. The molecule has 1 N–H and O–H groups in total. The SMILES string of the molecule is Cc1ccc(NC(=O)CS[C@H]2CC(=O)N(c3ccc(I)cc3)C2=O)cc1. The number of hydrogen-bond donors (Lipinski definition) is 1. The second-order valence-corrected chi connectivity index (χ2v) is 8.40. The molecule has 5 nitrogen and oxygen atoms in total. The Labute approximate surface area is 169 Å². The third-order valence-corrected chi connectivity index (χ3v) is 5.86. The highest BCUT2D eigenvalue weighted by Gasteiger charge is 2.39. The fraction of sp³-hybridized carbons (Fsp3) is 0.211. The molecule has 1 saturated heterocycles. The lowest BCUT2D eigenvalue weighted by Gasteiger charge is -2.15. The van der Waals surface area contributed by atoms with E-state index in [0.29, 0.717) is 5.69 Å². The van der Waals surface area contributed by atoms with Gasteiger partial charge < -0.3 is 5.32 Å². The Morgan fingerprint density at radius 3 is 2.46 bits per heavy atom. The smallest absolute Gasteiger partial charge is 0.247 e. The Hall–Kier alpha value is -1.87. The first-order valence-corrected chi connectivity index (χ1v) is 10.2. The molecule has 0 radical (unpaired) electrons. The lowest BCUT2D eigenvalue weighted by molar-refractivity contribution is -0.121. The quantitative estimate of drug-likeness (QED) is 0.525. The van der Waals surface area contributed by atoms with Gasteiger partial charge in [0.1, 0.15) is 0 Å². The van der Waals surface area contributed by atoms with E-state index >= 15 is 0 Å². The summed E-state index contributed by atoms with van der Waals surface area (Å²) in [6.07, 6.45) is 0.118. The highest BCUT2D eigenvalue weighted by Crippen LogP contribution is 2.30. The molecule has 3 amide bonds. The van der Waals surface area contributed by atoms with E-state index in [0.717, 1.165) is 14.8 Å². The second-order valence-electron chi connectivity index (χ2n) is 5.96. The normalized spacial score (nSPS) is 16.8. The summed E-state index contributed by atoms with van der Waals surface area (Å²) >= 11 is 3.37. The highest BCUT2D eigenvalue weighted by molar-refractivity contribution is 14.1. The highest BCUT2D eigenvalue weighted by atomic mass is 127. The van der Waals surface area contributed by atoms with E-state index < -0.39 is 5.25 Å². The van der Waals surface area contributed by atoms with E-state index in [-0.39, 0.29) is 29.9 Å². The number of imide groups is 1. The molecular formula is C19H17IN2O3S. The maximum Gasteiger partial charge on any atom is 0.247 e. The van der Waals surface area contributed by atoms with Crippen molar-refractivity contribution in [3.63, 3.8) is 0 Å². The van der Waals surface area contributed by atoms with E-state index in [1.807, 2.05) is 43.3 Å². The first-order valence-electron chi connectivity index (χ1n) is 8.04. The molecule has 1 fully saturated rings.